The second kappa shape index (κ2) is 9.83. The number of thiophene rings is 1. The van der Waals surface area contributed by atoms with Crippen LogP contribution >= 0.6 is 11.3 Å². The van der Waals surface area contributed by atoms with Crippen molar-refractivity contribution in [3.05, 3.63) is 41.3 Å². The third-order valence-corrected chi connectivity index (χ3v) is 7.07. The van der Waals surface area contributed by atoms with E-state index in [-0.39, 0.29) is 23.8 Å². The van der Waals surface area contributed by atoms with Gasteiger partial charge in [-0.05, 0) is 38.3 Å². The third kappa shape index (κ3) is 5.10. The highest BCUT2D eigenvalue weighted by atomic mass is 32.1. The Hall–Kier alpha value is -2.38. The molecule has 0 unspecified atom stereocenters. The lowest BCUT2D eigenvalue weighted by Crippen LogP contribution is -2.44. The van der Waals surface area contributed by atoms with Crippen LogP contribution in [0, 0.1) is 5.92 Å². The Bertz CT molecular complexity index is 898. The SMILES string of the molecule is CC(C)NC(=O)C1CCN(C(=O)c2cc(-c3ccccc3)c(N3CCOCC3)s2)CC1. The number of nitrogens with zero attached hydrogens (tertiary/aromatic N) is 2. The van der Waals surface area contributed by atoms with Gasteiger partial charge in [0.1, 0.15) is 0 Å². The molecule has 6 nitrogen and oxygen atoms in total. The molecule has 2 amide bonds. The molecule has 0 aliphatic carbocycles. The maximum Gasteiger partial charge on any atom is 0.264 e. The molecule has 2 aliphatic rings. The second-order valence-electron chi connectivity index (χ2n) is 8.52. The van der Waals surface area contributed by atoms with Crippen molar-refractivity contribution >= 4 is 28.2 Å². The van der Waals surface area contributed by atoms with E-state index in [9.17, 15) is 9.59 Å². The Labute approximate surface area is 188 Å². The number of anilines is 1. The number of carbonyl (C=O) groups is 2. The average Bonchev–Trinajstić information content (AvgIpc) is 3.25. The lowest BCUT2D eigenvalue weighted by Gasteiger charge is -2.31. The summed E-state index contributed by atoms with van der Waals surface area (Å²) in [6, 6.07) is 12.5. The number of benzene rings is 1. The molecule has 2 aliphatic heterocycles. The van der Waals surface area contributed by atoms with Gasteiger partial charge in [0, 0.05) is 43.7 Å². The first-order chi connectivity index (χ1) is 15.0. The quantitative estimate of drug-likeness (QED) is 0.770. The summed E-state index contributed by atoms with van der Waals surface area (Å²) in [5.74, 6) is 0.183. The Morgan fingerprint density at radius 1 is 1.06 bits per heavy atom. The summed E-state index contributed by atoms with van der Waals surface area (Å²) in [5, 5.41) is 4.14. The predicted octanol–water partition coefficient (Wildman–Crippen LogP) is 3.63. The van der Waals surface area contributed by atoms with Gasteiger partial charge in [0.15, 0.2) is 0 Å². The molecule has 1 aromatic heterocycles. The zero-order valence-electron chi connectivity index (χ0n) is 18.3. The van der Waals surface area contributed by atoms with E-state index in [2.05, 4.69) is 22.3 Å². The topological polar surface area (TPSA) is 61.9 Å². The molecule has 0 radical (unpaired) electrons. The Kier molecular flexibility index (Phi) is 6.92. The number of morpholine rings is 1. The minimum Gasteiger partial charge on any atom is -0.378 e. The van der Waals surface area contributed by atoms with Crippen LogP contribution in [0.5, 0.6) is 0 Å². The minimum absolute atomic E-state index is 0.00132. The number of carbonyl (C=O) groups excluding carboxylic acids is 2. The maximum atomic E-state index is 13.3. The molecule has 2 saturated heterocycles. The fourth-order valence-corrected chi connectivity index (χ4v) is 5.42. The van der Waals surface area contributed by atoms with Crippen molar-refractivity contribution in [2.24, 2.45) is 5.92 Å². The average molecular weight is 442 g/mol. The number of piperidine rings is 1. The van der Waals surface area contributed by atoms with E-state index >= 15 is 0 Å². The van der Waals surface area contributed by atoms with E-state index in [1.165, 1.54) is 0 Å². The summed E-state index contributed by atoms with van der Waals surface area (Å²) in [5.41, 5.74) is 2.24. The van der Waals surface area contributed by atoms with Gasteiger partial charge in [-0.2, -0.15) is 0 Å². The van der Waals surface area contributed by atoms with Gasteiger partial charge in [0.05, 0.1) is 23.1 Å². The Morgan fingerprint density at radius 2 is 1.74 bits per heavy atom. The minimum atomic E-state index is -0.00132. The number of hydrogen-bond donors (Lipinski definition) is 1. The summed E-state index contributed by atoms with van der Waals surface area (Å²) in [6.07, 6.45) is 1.44. The van der Waals surface area contributed by atoms with Crippen LogP contribution in [0.4, 0.5) is 5.00 Å². The van der Waals surface area contributed by atoms with Crippen LogP contribution < -0.4 is 10.2 Å². The molecule has 0 spiro atoms. The van der Waals surface area contributed by atoms with Gasteiger partial charge in [0.25, 0.3) is 5.91 Å². The predicted molar refractivity (Wildman–Crippen MR) is 125 cm³/mol. The van der Waals surface area contributed by atoms with E-state index in [0.29, 0.717) is 26.3 Å². The van der Waals surface area contributed by atoms with Crippen molar-refractivity contribution in [1.82, 2.24) is 10.2 Å². The van der Waals surface area contributed by atoms with Crippen molar-refractivity contribution in [2.75, 3.05) is 44.3 Å². The van der Waals surface area contributed by atoms with Gasteiger partial charge in [0.2, 0.25) is 5.91 Å². The van der Waals surface area contributed by atoms with Gasteiger partial charge in [-0.1, -0.05) is 30.3 Å². The van der Waals surface area contributed by atoms with Crippen molar-refractivity contribution < 1.29 is 14.3 Å². The monoisotopic (exact) mass is 441 g/mol. The fourth-order valence-electron chi connectivity index (χ4n) is 4.22. The zero-order chi connectivity index (χ0) is 21.8. The van der Waals surface area contributed by atoms with E-state index in [0.717, 1.165) is 46.9 Å². The normalized spacial score (nSPS) is 17.8. The van der Waals surface area contributed by atoms with E-state index in [4.69, 9.17) is 4.74 Å². The Morgan fingerprint density at radius 3 is 2.39 bits per heavy atom. The van der Waals surface area contributed by atoms with Gasteiger partial charge >= 0.3 is 0 Å². The first-order valence-electron chi connectivity index (χ1n) is 11.1. The van der Waals surface area contributed by atoms with Crippen LogP contribution in [-0.4, -0.2) is 62.1 Å². The summed E-state index contributed by atoms with van der Waals surface area (Å²) in [4.78, 5) is 30.6. The van der Waals surface area contributed by atoms with Crippen LogP contribution in [0.25, 0.3) is 11.1 Å². The summed E-state index contributed by atoms with van der Waals surface area (Å²) in [6.45, 7) is 8.30. The van der Waals surface area contributed by atoms with Gasteiger partial charge in [-0.15, -0.1) is 11.3 Å². The number of hydrogen-bond acceptors (Lipinski definition) is 5. The second-order valence-corrected chi connectivity index (χ2v) is 9.56. The number of rotatable bonds is 5. The van der Waals surface area contributed by atoms with Crippen LogP contribution in [0.1, 0.15) is 36.4 Å². The molecule has 0 atom stereocenters. The molecule has 1 aromatic carbocycles. The Balaban J connectivity index is 1.51. The number of ether oxygens (including phenoxy) is 1. The molecule has 4 rings (SSSR count). The lowest BCUT2D eigenvalue weighted by molar-refractivity contribution is -0.126. The van der Waals surface area contributed by atoms with E-state index in [1.807, 2.05) is 43.0 Å². The van der Waals surface area contributed by atoms with Crippen LogP contribution in [0.15, 0.2) is 36.4 Å². The molecule has 2 aromatic rings. The summed E-state index contributed by atoms with van der Waals surface area (Å²) >= 11 is 1.58. The highest BCUT2D eigenvalue weighted by Gasteiger charge is 2.30. The van der Waals surface area contributed by atoms with Crippen LogP contribution in [0.2, 0.25) is 0 Å². The first kappa shape index (κ1) is 21.8. The highest BCUT2D eigenvalue weighted by molar-refractivity contribution is 7.18. The summed E-state index contributed by atoms with van der Waals surface area (Å²) in [7, 11) is 0. The number of nitrogens with one attached hydrogen (secondary N) is 1. The van der Waals surface area contributed by atoms with Gasteiger partial charge < -0.3 is 19.9 Å². The molecular formula is C24H31N3O3S. The molecule has 1 N–H and O–H groups in total. The zero-order valence-corrected chi connectivity index (χ0v) is 19.1. The molecule has 2 fully saturated rings. The molecule has 31 heavy (non-hydrogen) atoms. The van der Waals surface area contributed by atoms with Crippen molar-refractivity contribution in [1.29, 1.82) is 0 Å². The molecule has 7 heteroatoms. The molecular weight excluding hydrogens is 410 g/mol. The third-order valence-electron chi connectivity index (χ3n) is 5.89. The van der Waals surface area contributed by atoms with Crippen LogP contribution in [-0.2, 0) is 9.53 Å². The standard InChI is InChI=1S/C24H31N3O3S/c1-17(2)25-22(28)19-8-10-26(11-9-19)23(29)21-16-20(18-6-4-3-5-7-18)24(31-21)27-12-14-30-15-13-27/h3-7,16-17,19H,8-15H2,1-2H3,(H,25,28). The molecule has 0 saturated carbocycles. The van der Waals surface area contributed by atoms with E-state index < -0.39 is 0 Å². The number of amides is 2. The first-order valence-corrected chi connectivity index (χ1v) is 12.0. The maximum absolute atomic E-state index is 13.3. The largest absolute Gasteiger partial charge is 0.378 e. The summed E-state index contributed by atoms with van der Waals surface area (Å²) < 4.78 is 5.52. The lowest BCUT2D eigenvalue weighted by atomic mass is 9.95. The smallest absolute Gasteiger partial charge is 0.264 e. The molecule has 0 bridgehead atoms. The van der Waals surface area contributed by atoms with Crippen molar-refractivity contribution in [2.45, 2.75) is 32.7 Å². The van der Waals surface area contributed by atoms with Crippen LogP contribution in [0.3, 0.4) is 0 Å². The fraction of sp³-hybridized carbons (Fsp3) is 0.500. The van der Waals surface area contributed by atoms with Gasteiger partial charge in [-0.25, -0.2) is 0 Å². The van der Waals surface area contributed by atoms with E-state index in [1.54, 1.807) is 11.3 Å². The van der Waals surface area contributed by atoms with Crippen molar-refractivity contribution in [3.8, 4) is 11.1 Å². The number of likely N-dealkylation sites (tertiary alicyclic amines) is 1. The highest BCUT2D eigenvalue weighted by Crippen LogP contribution is 2.40. The van der Waals surface area contributed by atoms with Crippen molar-refractivity contribution in [3.63, 3.8) is 0 Å². The van der Waals surface area contributed by atoms with Gasteiger partial charge in [-0.3, -0.25) is 9.59 Å². The molecule has 166 valence electrons. The molecule has 3 heterocycles.